The van der Waals surface area contributed by atoms with Crippen molar-refractivity contribution in [2.45, 2.75) is 19.5 Å². The van der Waals surface area contributed by atoms with Crippen molar-refractivity contribution in [3.63, 3.8) is 0 Å². The Labute approximate surface area is 120 Å². The van der Waals surface area contributed by atoms with E-state index in [0.717, 1.165) is 18.1 Å². The van der Waals surface area contributed by atoms with Crippen LogP contribution in [-0.2, 0) is 6.54 Å². The second-order valence-corrected chi connectivity index (χ2v) is 4.75. The van der Waals surface area contributed by atoms with Crippen LogP contribution in [0.1, 0.15) is 24.3 Å². The fraction of sp³-hybridized carbons (Fsp3) is 0.375. The SMILES string of the molecule is CCOc1ccc(C(CN)N(C)Cc2ccco2)cc1. The van der Waals surface area contributed by atoms with Gasteiger partial charge in [-0.1, -0.05) is 12.1 Å². The predicted molar refractivity (Wildman–Crippen MR) is 79.6 cm³/mol. The molecule has 0 bridgehead atoms. The highest BCUT2D eigenvalue weighted by atomic mass is 16.5. The van der Waals surface area contributed by atoms with Crippen LogP contribution >= 0.6 is 0 Å². The number of furan rings is 1. The highest BCUT2D eigenvalue weighted by molar-refractivity contribution is 5.29. The third-order valence-electron chi connectivity index (χ3n) is 3.32. The van der Waals surface area contributed by atoms with Crippen LogP contribution in [0.15, 0.2) is 47.1 Å². The largest absolute Gasteiger partial charge is 0.494 e. The maximum absolute atomic E-state index is 5.93. The first-order chi connectivity index (χ1) is 9.74. The number of nitrogens with zero attached hydrogens (tertiary/aromatic N) is 1. The van der Waals surface area contributed by atoms with Gasteiger partial charge in [-0.15, -0.1) is 0 Å². The molecule has 1 aromatic carbocycles. The molecule has 4 heteroatoms. The van der Waals surface area contributed by atoms with Gasteiger partial charge in [0.05, 0.1) is 19.4 Å². The van der Waals surface area contributed by atoms with Gasteiger partial charge in [-0.25, -0.2) is 0 Å². The van der Waals surface area contributed by atoms with E-state index >= 15 is 0 Å². The first-order valence-corrected chi connectivity index (χ1v) is 6.90. The Morgan fingerprint density at radius 3 is 2.55 bits per heavy atom. The average molecular weight is 274 g/mol. The van der Waals surface area contributed by atoms with Gasteiger partial charge in [-0.3, -0.25) is 4.90 Å². The van der Waals surface area contributed by atoms with Gasteiger partial charge in [0.15, 0.2) is 0 Å². The van der Waals surface area contributed by atoms with E-state index in [-0.39, 0.29) is 6.04 Å². The average Bonchev–Trinajstić information content (AvgIpc) is 2.95. The Hall–Kier alpha value is -1.78. The molecule has 2 aromatic rings. The Balaban J connectivity index is 2.06. The van der Waals surface area contributed by atoms with Crippen LogP contribution in [0.2, 0.25) is 0 Å². The van der Waals surface area contributed by atoms with Crippen molar-refractivity contribution in [2.75, 3.05) is 20.2 Å². The molecule has 20 heavy (non-hydrogen) atoms. The van der Waals surface area contributed by atoms with Crippen molar-refractivity contribution in [2.24, 2.45) is 5.73 Å². The molecule has 1 aromatic heterocycles. The summed E-state index contributed by atoms with van der Waals surface area (Å²) in [4.78, 5) is 2.19. The van der Waals surface area contributed by atoms with Crippen molar-refractivity contribution < 1.29 is 9.15 Å². The smallest absolute Gasteiger partial charge is 0.119 e. The Morgan fingerprint density at radius 1 is 1.25 bits per heavy atom. The second kappa shape index (κ2) is 7.12. The summed E-state index contributed by atoms with van der Waals surface area (Å²) in [6.07, 6.45) is 1.69. The van der Waals surface area contributed by atoms with Gasteiger partial charge >= 0.3 is 0 Å². The summed E-state index contributed by atoms with van der Waals surface area (Å²) in [5.74, 6) is 1.83. The molecule has 1 atom stereocenters. The van der Waals surface area contributed by atoms with Crippen molar-refractivity contribution in [3.05, 3.63) is 54.0 Å². The van der Waals surface area contributed by atoms with E-state index in [1.54, 1.807) is 6.26 Å². The van der Waals surface area contributed by atoms with Crippen LogP contribution in [0.3, 0.4) is 0 Å². The minimum absolute atomic E-state index is 0.163. The molecule has 108 valence electrons. The first kappa shape index (κ1) is 14.6. The van der Waals surface area contributed by atoms with Crippen LogP contribution < -0.4 is 10.5 Å². The second-order valence-electron chi connectivity index (χ2n) is 4.75. The quantitative estimate of drug-likeness (QED) is 0.843. The van der Waals surface area contributed by atoms with Crippen LogP contribution in [0.5, 0.6) is 5.75 Å². The summed E-state index contributed by atoms with van der Waals surface area (Å²) in [5.41, 5.74) is 7.11. The molecule has 0 aliphatic carbocycles. The zero-order chi connectivity index (χ0) is 14.4. The third kappa shape index (κ3) is 3.62. The summed E-state index contributed by atoms with van der Waals surface area (Å²) < 4.78 is 10.8. The molecule has 1 heterocycles. The van der Waals surface area contributed by atoms with E-state index in [1.807, 2.05) is 31.2 Å². The van der Waals surface area contributed by atoms with Crippen molar-refractivity contribution >= 4 is 0 Å². The highest BCUT2D eigenvalue weighted by Crippen LogP contribution is 2.23. The molecule has 4 nitrogen and oxygen atoms in total. The number of likely N-dealkylation sites (N-methyl/N-ethyl adjacent to an activating group) is 1. The molecule has 0 spiro atoms. The van der Waals surface area contributed by atoms with Crippen LogP contribution in [-0.4, -0.2) is 25.1 Å². The zero-order valence-electron chi connectivity index (χ0n) is 12.1. The number of benzene rings is 1. The minimum Gasteiger partial charge on any atom is -0.494 e. The summed E-state index contributed by atoms with van der Waals surface area (Å²) in [7, 11) is 2.05. The van der Waals surface area contributed by atoms with Gasteiger partial charge in [-0.05, 0) is 43.8 Å². The molecular formula is C16H22N2O2. The number of hydrogen-bond donors (Lipinski definition) is 1. The van der Waals surface area contributed by atoms with E-state index in [0.29, 0.717) is 13.2 Å². The molecule has 0 saturated carbocycles. The van der Waals surface area contributed by atoms with Gasteiger partial charge in [0, 0.05) is 12.6 Å². The Morgan fingerprint density at radius 2 is 2.00 bits per heavy atom. The molecular weight excluding hydrogens is 252 g/mol. The van der Waals surface area contributed by atoms with E-state index in [4.69, 9.17) is 14.9 Å². The van der Waals surface area contributed by atoms with E-state index in [1.165, 1.54) is 5.56 Å². The lowest BCUT2D eigenvalue weighted by Crippen LogP contribution is -2.30. The third-order valence-corrected chi connectivity index (χ3v) is 3.32. The summed E-state index contributed by atoms with van der Waals surface area (Å²) in [6, 6.07) is 12.2. The van der Waals surface area contributed by atoms with Gasteiger partial charge in [0.25, 0.3) is 0 Å². The minimum atomic E-state index is 0.163. The van der Waals surface area contributed by atoms with Gasteiger partial charge in [0.1, 0.15) is 11.5 Å². The molecule has 2 rings (SSSR count). The molecule has 0 fully saturated rings. The van der Waals surface area contributed by atoms with Crippen LogP contribution in [0.25, 0.3) is 0 Å². The predicted octanol–water partition coefficient (Wildman–Crippen LogP) is 2.81. The lowest BCUT2D eigenvalue weighted by Gasteiger charge is -2.26. The molecule has 0 radical (unpaired) electrons. The van der Waals surface area contributed by atoms with Crippen molar-refractivity contribution in [1.29, 1.82) is 0 Å². The normalized spacial score (nSPS) is 12.6. The van der Waals surface area contributed by atoms with E-state index < -0.39 is 0 Å². The number of nitrogens with two attached hydrogens (primary N) is 1. The number of ether oxygens (including phenoxy) is 1. The molecule has 0 aliphatic rings. The number of hydrogen-bond acceptors (Lipinski definition) is 4. The summed E-state index contributed by atoms with van der Waals surface area (Å²) >= 11 is 0. The van der Waals surface area contributed by atoms with Crippen molar-refractivity contribution in [3.8, 4) is 5.75 Å². The Bertz CT molecular complexity index is 494. The van der Waals surface area contributed by atoms with Crippen molar-refractivity contribution in [1.82, 2.24) is 4.90 Å². The standard InChI is InChI=1S/C16H22N2O2/c1-3-19-14-8-6-13(7-9-14)16(11-17)18(2)12-15-5-4-10-20-15/h4-10,16H,3,11-12,17H2,1-2H3. The highest BCUT2D eigenvalue weighted by Gasteiger charge is 2.16. The number of rotatable bonds is 7. The van der Waals surface area contributed by atoms with E-state index in [9.17, 15) is 0 Å². The summed E-state index contributed by atoms with van der Waals surface area (Å²) in [5, 5.41) is 0. The van der Waals surface area contributed by atoms with E-state index in [2.05, 4.69) is 24.1 Å². The maximum Gasteiger partial charge on any atom is 0.119 e. The monoisotopic (exact) mass is 274 g/mol. The zero-order valence-corrected chi connectivity index (χ0v) is 12.1. The first-order valence-electron chi connectivity index (χ1n) is 6.90. The lowest BCUT2D eigenvalue weighted by molar-refractivity contribution is 0.223. The lowest BCUT2D eigenvalue weighted by atomic mass is 10.1. The van der Waals surface area contributed by atoms with Gasteiger partial charge < -0.3 is 14.9 Å². The fourth-order valence-corrected chi connectivity index (χ4v) is 2.28. The van der Waals surface area contributed by atoms with Crippen LogP contribution in [0, 0.1) is 0 Å². The van der Waals surface area contributed by atoms with Crippen LogP contribution in [0.4, 0.5) is 0 Å². The topological polar surface area (TPSA) is 51.6 Å². The molecule has 0 saturated heterocycles. The Kier molecular flexibility index (Phi) is 5.21. The maximum atomic E-state index is 5.93. The molecule has 1 unspecified atom stereocenters. The molecule has 0 amide bonds. The fourth-order valence-electron chi connectivity index (χ4n) is 2.28. The van der Waals surface area contributed by atoms with Gasteiger partial charge in [0.2, 0.25) is 0 Å². The van der Waals surface area contributed by atoms with Gasteiger partial charge in [-0.2, -0.15) is 0 Å². The molecule has 0 aliphatic heterocycles. The molecule has 2 N–H and O–H groups in total. The summed E-state index contributed by atoms with van der Waals surface area (Å²) in [6.45, 7) is 3.96.